The summed E-state index contributed by atoms with van der Waals surface area (Å²) in [6, 6.07) is 7.54. The Bertz CT molecular complexity index is 300. The summed E-state index contributed by atoms with van der Waals surface area (Å²) in [4.78, 5) is 0. The molecule has 0 aliphatic carbocycles. The molecule has 0 amide bonds. The van der Waals surface area contributed by atoms with Crippen LogP contribution in [0.1, 0.15) is 18.1 Å². The smallest absolute Gasteiger partial charge is 0.310 e. The molecule has 1 aromatic rings. The average Bonchev–Trinajstić information content (AvgIpc) is 2.18. The molecular formula is C10H10F4O. The van der Waals surface area contributed by atoms with Gasteiger partial charge in [-0.1, -0.05) is 30.3 Å². The van der Waals surface area contributed by atoms with Crippen molar-refractivity contribution in [3.05, 3.63) is 35.9 Å². The summed E-state index contributed by atoms with van der Waals surface area (Å²) >= 11 is 0. The third-order valence-electron chi connectivity index (χ3n) is 1.97. The van der Waals surface area contributed by atoms with Gasteiger partial charge in [0.25, 0.3) is 0 Å². The molecule has 0 aliphatic rings. The first-order valence-corrected chi connectivity index (χ1v) is 4.32. The quantitative estimate of drug-likeness (QED) is 0.776. The van der Waals surface area contributed by atoms with E-state index in [2.05, 4.69) is 0 Å². The number of rotatable bonds is 4. The van der Waals surface area contributed by atoms with Crippen LogP contribution in [0.3, 0.4) is 0 Å². The number of aliphatic hydroxyl groups is 1. The Labute approximate surface area is 84.3 Å². The molecule has 0 spiro atoms. The van der Waals surface area contributed by atoms with Crippen molar-refractivity contribution in [2.75, 3.05) is 0 Å². The van der Waals surface area contributed by atoms with Crippen LogP contribution in [0.2, 0.25) is 0 Å². The molecule has 1 nitrogen and oxygen atoms in total. The molecule has 0 saturated carbocycles. The van der Waals surface area contributed by atoms with E-state index in [-0.39, 0.29) is 5.56 Å². The molecule has 15 heavy (non-hydrogen) atoms. The van der Waals surface area contributed by atoms with E-state index in [1.165, 1.54) is 12.1 Å². The van der Waals surface area contributed by atoms with Gasteiger partial charge in [-0.2, -0.15) is 0 Å². The predicted octanol–water partition coefficient (Wildman–Crippen LogP) is 3.01. The van der Waals surface area contributed by atoms with Crippen LogP contribution in [-0.2, 0) is 0 Å². The fourth-order valence-electron chi connectivity index (χ4n) is 1.14. The molecule has 0 heterocycles. The third-order valence-corrected chi connectivity index (χ3v) is 1.97. The van der Waals surface area contributed by atoms with Crippen molar-refractivity contribution >= 4 is 0 Å². The minimum atomic E-state index is -4.16. The molecule has 1 unspecified atom stereocenters. The second kappa shape index (κ2) is 4.61. The van der Waals surface area contributed by atoms with E-state index in [1.54, 1.807) is 18.2 Å². The zero-order valence-corrected chi connectivity index (χ0v) is 7.71. The Morgan fingerprint density at radius 1 is 1.13 bits per heavy atom. The standard InChI is InChI=1S/C10H10F4O/c11-9(12)10(13,14)6-8(15)7-4-2-1-3-5-7/h1-5,8-9,15H,6H2. The van der Waals surface area contributed by atoms with Gasteiger partial charge in [0.05, 0.1) is 6.10 Å². The first-order chi connectivity index (χ1) is 6.93. The maximum atomic E-state index is 12.6. The van der Waals surface area contributed by atoms with Crippen LogP contribution in [0, 0.1) is 0 Å². The van der Waals surface area contributed by atoms with Crippen molar-refractivity contribution in [1.82, 2.24) is 0 Å². The fraction of sp³-hybridized carbons (Fsp3) is 0.400. The van der Waals surface area contributed by atoms with Crippen LogP contribution in [0.15, 0.2) is 30.3 Å². The normalized spacial score (nSPS) is 14.3. The Balaban J connectivity index is 2.68. The van der Waals surface area contributed by atoms with Crippen molar-refractivity contribution in [2.45, 2.75) is 24.9 Å². The van der Waals surface area contributed by atoms with Crippen molar-refractivity contribution in [3.63, 3.8) is 0 Å². The SMILES string of the molecule is OC(CC(F)(F)C(F)F)c1ccccc1. The summed E-state index contributed by atoms with van der Waals surface area (Å²) < 4.78 is 48.8. The molecule has 0 aromatic heterocycles. The Morgan fingerprint density at radius 3 is 2.13 bits per heavy atom. The van der Waals surface area contributed by atoms with Gasteiger partial charge < -0.3 is 5.11 Å². The average molecular weight is 222 g/mol. The molecule has 1 aromatic carbocycles. The molecule has 5 heteroatoms. The predicted molar refractivity (Wildman–Crippen MR) is 47.0 cm³/mol. The summed E-state index contributed by atoms with van der Waals surface area (Å²) in [7, 11) is 0. The van der Waals surface area contributed by atoms with Crippen LogP contribution in [0.5, 0.6) is 0 Å². The molecular weight excluding hydrogens is 212 g/mol. The van der Waals surface area contributed by atoms with E-state index in [0.717, 1.165) is 0 Å². The van der Waals surface area contributed by atoms with E-state index in [9.17, 15) is 22.7 Å². The van der Waals surface area contributed by atoms with E-state index < -0.39 is 24.9 Å². The Hall–Kier alpha value is -1.10. The highest BCUT2D eigenvalue weighted by Gasteiger charge is 2.42. The van der Waals surface area contributed by atoms with Gasteiger partial charge in [-0.15, -0.1) is 0 Å². The largest absolute Gasteiger partial charge is 0.388 e. The van der Waals surface area contributed by atoms with Gasteiger partial charge in [0.15, 0.2) is 0 Å². The fourth-order valence-corrected chi connectivity index (χ4v) is 1.14. The lowest BCUT2D eigenvalue weighted by Crippen LogP contribution is -2.28. The zero-order valence-electron chi connectivity index (χ0n) is 7.71. The number of aliphatic hydroxyl groups excluding tert-OH is 1. The lowest BCUT2D eigenvalue weighted by molar-refractivity contribution is -0.149. The van der Waals surface area contributed by atoms with Crippen LogP contribution in [0.25, 0.3) is 0 Å². The van der Waals surface area contributed by atoms with Crippen LogP contribution in [0.4, 0.5) is 17.6 Å². The van der Waals surface area contributed by atoms with Crippen LogP contribution >= 0.6 is 0 Å². The zero-order chi connectivity index (χ0) is 11.5. The highest BCUT2D eigenvalue weighted by Crippen LogP contribution is 2.33. The topological polar surface area (TPSA) is 20.2 Å². The monoisotopic (exact) mass is 222 g/mol. The number of alkyl halides is 4. The summed E-state index contributed by atoms with van der Waals surface area (Å²) in [5.74, 6) is -4.16. The second-order valence-corrected chi connectivity index (χ2v) is 3.19. The minimum Gasteiger partial charge on any atom is -0.388 e. The van der Waals surface area contributed by atoms with E-state index in [0.29, 0.717) is 0 Å². The van der Waals surface area contributed by atoms with E-state index in [4.69, 9.17) is 0 Å². The lowest BCUT2D eigenvalue weighted by atomic mass is 10.0. The maximum Gasteiger partial charge on any atom is 0.310 e. The Morgan fingerprint density at radius 2 is 1.67 bits per heavy atom. The maximum absolute atomic E-state index is 12.6. The summed E-state index contributed by atoms with van der Waals surface area (Å²) in [6.45, 7) is 0. The third kappa shape index (κ3) is 3.20. The highest BCUT2D eigenvalue weighted by molar-refractivity contribution is 5.17. The molecule has 0 saturated heterocycles. The Kier molecular flexibility index (Phi) is 3.68. The van der Waals surface area contributed by atoms with Crippen molar-refractivity contribution < 1.29 is 22.7 Å². The van der Waals surface area contributed by atoms with Gasteiger partial charge in [-0.05, 0) is 5.56 Å². The minimum absolute atomic E-state index is 0.206. The van der Waals surface area contributed by atoms with Gasteiger partial charge in [0.2, 0.25) is 0 Å². The molecule has 0 radical (unpaired) electrons. The van der Waals surface area contributed by atoms with Gasteiger partial charge in [0.1, 0.15) is 0 Å². The molecule has 0 aliphatic heterocycles. The molecule has 0 fully saturated rings. The lowest BCUT2D eigenvalue weighted by Gasteiger charge is -2.19. The number of hydrogen-bond donors (Lipinski definition) is 1. The first-order valence-electron chi connectivity index (χ1n) is 4.32. The van der Waals surface area contributed by atoms with Gasteiger partial charge >= 0.3 is 12.3 Å². The number of halogens is 4. The van der Waals surface area contributed by atoms with E-state index in [1.807, 2.05) is 0 Å². The van der Waals surface area contributed by atoms with Crippen molar-refractivity contribution in [2.24, 2.45) is 0 Å². The molecule has 1 N–H and O–H groups in total. The van der Waals surface area contributed by atoms with Crippen molar-refractivity contribution in [3.8, 4) is 0 Å². The molecule has 1 rings (SSSR count). The second-order valence-electron chi connectivity index (χ2n) is 3.19. The van der Waals surface area contributed by atoms with Crippen LogP contribution < -0.4 is 0 Å². The van der Waals surface area contributed by atoms with Crippen molar-refractivity contribution in [1.29, 1.82) is 0 Å². The van der Waals surface area contributed by atoms with Crippen LogP contribution in [-0.4, -0.2) is 17.5 Å². The number of hydrogen-bond acceptors (Lipinski definition) is 1. The summed E-state index contributed by atoms with van der Waals surface area (Å²) in [5.41, 5.74) is 0.206. The van der Waals surface area contributed by atoms with Gasteiger partial charge in [-0.3, -0.25) is 0 Å². The number of benzene rings is 1. The highest BCUT2D eigenvalue weighted by atomic mass is 19.3. The summed E-state index contributed by atoms with van der Waals surface area (Å²) in [5, 5.41) is 9.29. The van der Waals surface area contributed by atoms with Gasteiger partial charge in [0, 0.05) is 6.42 Å². The molecule has 0 bridgehead atoms. The first kappa shape index (κ1) is 12.0. The van der Waals surface area contributed by atoms with E-state index >= 15 is 0 Å². The molecule has 84 valence electrons. The summed E-state index contributed by atoms with van der Waals surface area (Å²) in [6.07, 6.45) is -6.60. The molecule has 1 atom stereocenters. The van der Waals surface area contributed by atoms with Gasteiger partial charge in [-0.25, -0.2) is 17.6 Å².